The summed E-state index contributed by atoms with van der Waals surface area (Å²) < 4.78 is 9.64. The molecule has 0 atom stereocenters. The van der Waals surface area contributed by atoms with Crippen LogP contribution in [0.15, 0.2) is 0 Å². The molecule has 0 aliphatic heterocycles. The smallest absolute Gasteiger partial charge is 0.668 e. The molecule has 0 amide bonds. The average molecular weight is 373 g/mol. The largest absolute Gasteiger partial charge is 2.00 e. The third-order valence-corrected chi connectivity index (χ3v) is 12.1. The van der Waals surface area contributed by atoms with Crippen LogP contribution in [0, 0.1) is 0 Å². The van der Waals surface area contributed by atoms with E-state index in [4.69, 9.17) is 9.30 Å². The molecule has 0 aliphatic carbocycles. The van der Waals surface area contributed by atoms with E-state index < -0.39 is 32.9 Å². The Bertz CT molecular complexity index is 184. The van der Waals surface area contributed by atoms with Gasteiger partial charge in [0.05, 0.1) is 0 Å². The summed E-state index contributed by atoms with van der Waals surface area (Å²) in [6.45, 7) is 27.6. The van der Waals surface area contributed by atoms with Gasteiger partial charge in [-0.25, -0.2) is 0 Å². The molecule has 0 N–H and O–H groups in total. The maximum Gasteiger partial charge on any atom is 2.00 e. The predicted octanol–water partition coefficient (Wildman–Crippen LogP) is 6.06. The quantitative estimate of drug-likeness (QED) is 0.537. The van der Waals surface area contributed by atoms with Gasteiger partial charge in [-0.1, -0.05) is 112 Å². The van der Waals surface area contributed by atoms with E-state index in [0.717, 1.165) is 0 Å². The van der Waals surface area contributed by atoms with E-state index >= 15 is 0 Å². The van der Waals surface area contributed by atoms with Gasteiger partial charge in [0.15, 0.2) is 0 Å². The summed E-state index contributed by atoms with van der Waals surface area (Å²) in [5.41, 5.74) is 0. The van der Waals surface area contributed by atoms with E-state index in [9.17, 15) is 0 Å². The number of hydrogen-bond donors (Lipinski definition) is 0. The summed E-state index contributed by atoms with van der Waals surface area (Å²) >= 11 is 0. The van der Waals surface area contributed by atoms with Crippen molar-refractivity contribution < 1.29 is 17.4 Å². The van der Waals surface area contributed by atoms with E-state index in [1.54, 1.807) is 0 Å². The molecule has 116 valence electrons. The van der Waals surface area contributed by atoms with Crippen LogP contribution in [0.3, 0.4) is 0 Å². The van der Waals surface area contributed by atoms with Crippen LogP contribution >= 0.6 is 0 Å². The van der Waals surface area contributed by atoms with Gasteiger partial charge in [0.1, 0.15) is 0 Å². The van der Waals surface area contributed by atoms with Crippen molar-refractivity contribution >= 4 is 32.9 Å². The minimum atomic E-state index is -1.11. The van der Waals surface area contributed by atoms with Crippen LogP contribution in [0.4, 0.5) is 0 Å². The third kappa shape index (κ3) is 32.7. The fourth-order valence-electron chi connectivity index (χ4n) is 2.01. The monoisotopic (exact) mass is 372 g/mol. The molecule has 19 heavy (non-hydrogen) atoms. The summed E-state index contributed by atoms with van der Waals surface area (Å²) in [6.07, 6.45) is 0. The molecule has 0 aromatic heterocycles. The second kappa shape index (κ2) is 8.69. The van der Waals surface area contributed by atoms with Gasteiger partial charge in [-0.05, 0) is 0 Å². The zero-order chi connectivity index (χ0) is 15.4. The number of rotatable bonds is 4. The summed E-state index contributed by atoms with van der Waals surface area (Å²) in [7, 11) is -4.42. The Hall–Kier alpha value is 1.32. The topological polar surface area (TPSA) is 28.2 Å². The maximum absolute atomic E-state index is 4.82. The molecule has 0 aromatic carbocycles. The van der Waals surface area contributed by atoms with Crippen LogP contribution in [0.2, 0.25) is 78.6 Å². The Balaban J connectivity index is -0.000000256. The van der Waals surface area contributed by atoms with Crippen molar-refractivity contribution in [2.24, 2.45) is 0 Å². The van der Waals surface area contributed by atoms with E-state index in [1.165, 1.54) is 0 Å². The van der Waals surface area contributed by atoms with Crippen LogP contribution < -0.4 is 0 Å². The molecule has 0 aromatic rings. The molecular formula is C12H36CrN2Si4. The zero-order valence-electron chi connectivity index (χ0n) is 15.3. The van der Waals surface area contributed by atoms with Crippen LogP contribution in [0.25, 0.3) is 9.30 Å². The van der Waals surface area contributed by atoms with Gasteiger partial charge in [-0.3, -0.25) is 0 Å². The second-order valence-corrected chi connectivity index (χ2v) is 28.1. The van der Waals surface area contributed by atoms with Crippen molar-refractivity contribution in [1.82, 2.24) is 0 Å². The van der Waals surface area contributed by atoms with Crippen LogP contribution in [0.5, 0.6) is 0 Å². The van der Waals surface area contributed by atoms with Crippen LogP contribution in [0.1, 0.15) is 0 Å². The SMILES string of the molecule is C[Si](C)(C)[N-][Si](C)(C)C.C[Si](C)(C)[N-][Si](C)(C)C.[Cr+2]. The molecule has 0 spiro atoms. The standard InChI is InChI=1S/2C6H18NSi2.Cr/c2*1-8(2,3)7-9(4,5)6;/h2*1-6H3;/q2*-1;+2. The summed E-state index contributed by atoms with van der Waals surface area (Å²) in [6, 6.07) is 0. The minimum Gasteiger partial charge on any atom is -0.668 e. The fourth-order valence-corrected chi connectivity index (χ4v) is 18.1. The summed E-state index contributed by atoms with van der Waals surface area (Å²) in [5, 5.41) is 0. The van der Waals surface area contributed by atoms with Crippen molar-refractivity contribution in [2.75, 3.05) is 0 Å². The molecular weight excluding hydrogens is 336 g/mol. The van der Waals surface area contributed by atoms with Crippen molar-refractivity contribution in [2.45, 2.75) is 78.6 Å². The van der Waals surface area contributed by atoms with Gasteiger partial charge >= 0.3 is 17.4 Å². The average Bonchev–Trinajstić information content (AvgIpc) is 1.64. The van der Waals surface area contributed by atoms with Crippen molar-refractivity contribution in [3.05, 3.63) is 9.30 Å². The first-order valence-corrected chi connectivity index (χ1v) is 20.7. The fraction of sp³-hybridized carbons (Fsp3) is 1.00. The molecule has 0 radical (unpaired) electrons. The Kier molecular flexibility index (Phi) is 11.6. The van der Waals surface area contributed by atoms with Crippen molar-refractivity contribution in [1.29, 1.82) is 0 Å². The molecule has 0 fully saturated rings. The molecule has 0 saturated carbocycles. The molecule has 0 bridgehead atoms. The Labute approximate surface area is 138 Å². The first-order chi connectivity index (χ1) is 7.41. The predicted molar refractivity (Wildman–Crippen MR) is 100 cm³/mol. The summed E-state index contributed by atoms with van der Waals surface area (Å²) in [5.74, 6) is 0. The normalized spacial score (nSPS) is 13.3. The molecule has 0 heterocycles. The van der Waals surface area contributed by atoms with Gasteiger partial charge in [0.2, 0.25) is 0 Å². The van der Waals surface area contributed by atoms with Gasteiger partial charge in [0, 0.05) is 0 Å². The van der Waals surface area contributed by atoms with Gasteiger partial charge < -0.3 is 9.30 Å². The van der Waals surface area contributed by atoms with Gasteiger partial charge in [-0.2, -0.15) is 0 Å². The minimum absolute atomic E-state index is 0. The molecule has 0 rings (SSSR count). The van der Waals surface area contributed by atoms with Gasteiger partial charge in [0.25, 0.3) is 0 Å². The summed E-state index contributed by atoms with van der Waals surface area (Å²) in [4.78, 5) is 0. The van der Waals surface area contributed by atoms with Gasteiger partial charge in [-0.15, -0.1) is 0 Å². The molecule has 2 nitrogen and oxygen atoms in total. The van der Waals surface area contributed by atoms with Crippen LogP contribution in [-0.4, -0.2) is 32.9 Å². The Morgan fingerprint density at radius 3 is 0.474 bits per heavy atom. The molecule has 0 unspecified atom stereocenters. The Morgan fingerprint density at radius 1 is 0.368 bits per heavy atom. The van der Waals surface area contributed by atoms with E-state index in [2.05, 4.69) is 78.6 Å². The number of nitrogens with zero attached hydrogens (tertiary/aromatic N) is 2. The first kappa shape index (κ1) is 25.3. The van der Waals surface area contributed by atoms with E-state index in [1.807, 2.05) is 0 Å². The maximum atomic E-state index is 4.82. The van der Waals surface area contributed by atoms with Crippen LogP contribution in [-0.2, 0) is 17.4 Å². The first-order valence-electron chi connectivity index (χ1n) is 6.89. The molecule has 0 aliphatic rings. The van der Waals surface area contributed by atoms with Crippen molar-refractivity contribution in [3.8, 4) is 0 Å². The zero-order valence-corrected chi connectivity index (χ0v) is 20.6. The third-order valence-electron chi connectivity index (χ3n) is 1.34. The van der Waals surface area contributed by atoms with E-state index in [-0.39, 0.29) is 17.4 Å². The Morgan fingerprint density at radius 2 is 0.474 bits per heavy atom. The molecule has 0 saturated heterocycles. The van der Waals surface area contributed by atoms with E-state index in [0.29, 0.717) is 0 Å². The second-order valence-electron chi connectivity index (χ2n) is 8.91. The molecule has 7 heteroatoms. The number of hydrogen-bond acceptors (Lipinski definition) is 0. The van der Waals surface area contributed by atoms with Crippen molar-refractivity contribution in [3.63, 3.8) is 0 Å².